The first-order valence-electron chi connectivity index (χ1n) is 9.21. The fraction of sp³-hybridized carbons (Fsp3) is 0.333. The van der Waals surface area contributed by atoms with Gasteiger partial charge in [0.15, 0.2) is 0 Å². The van der Waals surface area contributed by atoms with Gasteiger partial charge in [-0.1, -0.05) is 34.1 Å². The topological polar surface area (TPSA) is 49.9 Å². The number of likely N-dealkylation sites (tertiary alicyclic amines) is 1. The van der Waals surface area contributed by atoms with Crippen molar-refractivity contribution in [2.45, 2.75) is 25.0 Å². The third kappa shape index (κ3) is 3.90. The number of hydrogen-bond donors (Lipinski definition) is 0. The van der Waals surface area contributed by atoms with Gasteiger partial charge in [-0.05, 0) is 35.9 Å². The summed E-state index contributed by atoms with van der Waals surface area (Å²) >= 11 is 3.39. The molecule has 7 heteroatoms. The van der Waals surface area contributed by atoms with E-state index in [2.05, 4.69) is 15.9 Å². The van der Waals surface area contributed by atoms with Gasteiger partial charge in [0.1, 0.15) is 11.4 Å². The van der Waals surface area contributed by atoms with E-state index in [0.717, 1.165) is 10.0 Å². The Kier molecular flexibility index (Phi) is 5.10. The number of piperidine rings is 1. The Morgan fingerprint density at radius 2 is 1.86 bits per heavy atom. The van der Waals surface area contributed by atoms with E-state index in [1.807, 2.05) is 23.1 Å². The molecule has 2 heterocycles. The summed E-state index contributed by atoms with van der Waals surface area (Å²) in [6.45, 7) is 1.97. The summed E-state index contributed by atoms with van der Waals surface area (Å²) in [6.07, 6.45) is 0.868. The number of carbonyl (C=O) groups is 2. The molecule has 5 nitrogen and oxygen atoms in total. The SMILES string of the molecule is O=C1OC2(CCN(C(=O)c3cccc(Br)c3)CC2)CN1Cc1ccc(F)cc1. The van der Waals surface area contributed by atoms with Gasteiger partial charge in [0.05, 0.1) is 6.54 Å². The number of nitrogens with zero attached hydrogens (tertiary/aromatic N) is 2. The summed E-state index contributed by atoms with van der Waals surface area (Å²) in [5.41, 5.74) is 0.954. The van der Waals surface area contributed by atoms with Crippen LogP contribution in [0.15, 0.2) is 53.0 Å². The molecule has 0 N–H and O–H groups in total. The second kappa shape index (κ2) is 7.54. The van der Waals surface area contributed by atoms with Gasteiger partial charge in [0.2, 0.25) is 0 Å². The van der Waals surface area contributed by atoms with Crippen molar-refractivity contribution < 1.29 is 18.7 Å². The lowest BCUT2D eigenvalue weighted by atomic mass is 9.91. The lowest BCUT2D eigenvalue weighted by Gasteiger charge is -2.37. The third-order valence-electron chi connectivity index (χ3n) is 5.36. The van der Waals surface area contributed by atoms with Gasteiger partial charge in [-0.2, -0.15) is 0 Å². The van der Waals surface area contributed by atoms with Crippen LogP contribution in [0.2, 0.25) is 0 Å². The average molecular weight is 447 g/mol. The predicted molar refractivity (Wildman–Crippen MR) is 105 cm³/mol. The lowest BCUT2D eigenvalue weighted by Crippen LogP contribution is -2.48. The smallest absolute Gasteiger partial charge is 0.410 e. The highest BCUT2D eigenvalue weighted by Gasteiger charge is 2.47. The van der Waals surface area contributed by atoms with Crippen LogP contribution in [0.5, 0.6) is 0 Å². The van der Waals surface area contributed by atoms with E-state index in [1.165, 1.54) is 12.1 Å². The van der Waals surface area contributed by atoms with Gasteiger partial charge in [0.25, 0.3) is 5.91 Å². The molecule has 0 radical (unpaired) electrons. The molecule has 28 heavy (non-hydrogen) atoms. The van der Waals surface area contributed by atoms with E-state index < -0.39 is 5.60 Å². The number of hydrogen-bond acceptors (Lipinski definition) is 3. The lowest BCUT2D eigenvalue weighted by molar-refractivity contribution is 0.00313. The van der Waals surface area contributed by atoms with E-state index in [4.69, 9.17) is 4.74 Å². The predicted octanol–water partition coefficient (Wildman–Crippen LogP) is 4.22. The molecule has 2 saturated heterocycles. The van der Waals surface area contributed by atoms with Crippen LogP contribution in [0.3, 0.4) is 0 Å². The minimum Gasteiger partial charge on any atom is -0.441 e. The maximum atomic E-state index is 13.1. The summed E-state index contributed by atoms with van der Waals surface area (Å²) in [6, 6.07) is 13.5. The fourth-order valence-corrected chi connectivity index (χ4v) is 4.21. The molecule has 2 aliphatic heterocycles. The molecule has 0 aliphatic carbocycles. The minimum atomic E-state index is -0.550. The monoisotopic (exact) mass is 446 g/mol. The Morgan fingerprint density at radius 3 is 2.54 bits per heavy atom. The van der Waals surface area contributed by atoms with Crippen molar-refractivity contribution in [1.82, 2.24) is 9.80 Å². The molecule has 146 valence electrons. The quantitative estimate of drug-likeness (QED) is 0.709. The first kappa shape index (κ1) is 18.9. The van der Waals surface area contributed by atoms with Crippen LogP contribution in [0.4, 0.5) is 9.18 Å². The van der Waals surface area contributed by atoms with E-state index in [0.29, 0.717) is 44.6 Å². The molecular weight excluding hydrogens is 427 g/mol. The van der Waals surface area contributed by atoms with Gasteiger partial charge >= 0.3 is 6.09 Å². The van der Waals surface area contributed by atoms with Crippen LogP contribution < -0.4 is 0 Å². The van der Waals surface area contributed by atoms with E-state index in [-0.39, 0.29) is 17.8 Å². The van der Waals surface area contributed by atoms with Gasteiger partial charge in [-0.15, -0.1) is 0 Å². The average Bonchev–Trinajstić information content (AvgIpc) is 2.98. The molecule has 2 fully saturated rings. The van der Waals surface area contributed by atoms with E-state index >= 15 is 0 Å². The van der Waals surface area contributed by atoms with Crippen LogP contribution in [0, 0.1) is 5.82 Å². The summed E-state index contributed by atoms with van der Waals surface area (Å²) < 4.78 is 19.7. The third-order valence-corrected chi connectivity index (χ3v) is 5.85. The highest BCUT2D eigenvalue weighted by molar-refractivity contribution is 9.10. The van der Waals surface area contributed by atoms with E-state index in [1.54, 1.807) is 23.1 Å². The number of rotatable bonds is 3. The highest BCUT2D eigenvalue weighted by atomic mass is 79.9. The van der Waals surface area contributed by atoms with Crippen molar-refractivity contribution in [3.8, 4) is 0 Å². The zero-order valence-electron chi connectivity index (χ0n) is 15.2. The fourth-order valence-electron chi connectivity index (χ4n) is 3.81. The van der Waals surface area contributed by atoms with Crippen LogP contribution >= 0.6 is 15.9 Å². The first-order chi connectivity index (χ1) is 13.4. The van der Waals surface area contributed by atoms with Crippen molar-refractivity contribution in [1.29, 1.82) is 0 Å². The first-order valence-corrected chi connectivity index (χ1v) is 10.0. The summed E-state index contributed by atoms with van der Waals surface area (Å²) in [5.74, 6) is -0.310. The molecule has 0 unspecified atom stereocenters. The largest absolute Gasteiger partial charge is 0.441 e. The molecule has 2 aromatic carbocycles. The Morgan fingerprint density at radius 1 is 1.14 bits per heavy atom. The Labute approximate surface area is 171 Å². The van der Waals surface area contributed by atoms with Crippen molar-refractivity contribution in [2.75, 3.05) is 19.6 Å². The second-order valence-electron chi connectivity index (χ2n) is 7.34. The molecule has 0 atom stereocenters. The van der Waals surface area contributed by atoms with Crippen LogP contribution in [-0.4, -0.2) is 47.0 Å². The molecule has 1 spiro atoms. The maximum absolute atomic E-state index is 13.1. The maximum Gasteiger partial charge on any atom is 0.410 e. The summed E-state index contributed by atoms with van der Waals surface area (Å²) in [4.78, 5) is 28.5. The molecular formula is C21H20BrFN2O3. The summed E-state index contributed by atoms with van der Waals surface area (Å²) in [7, 11) is 0. The van der Waals surface area contributed by atoms with Crippen LogP contribution in [0.1, 0.15) is 28.8 Å². The van der Waals surface area contributed by atoms with Crippen molar-refractivity contribution in [3.63, 3.8) is 0 Å². The molecule has 0 saturated carbocycles. The Bertz CT molecular complexity index is 895. The van der Waals surface area contributed by atoms with Crippen molar-refractivity contribution in [2.24, 2.45) is 0 Å². The highest BCUT2D eigenvalue weighted by Crippen LogP contribution is 2.34. The second-order valence-corrected chi connectivity index (χ2v) is 8.25. The number of amides is 2. The normalized spacial score (nSPS) is 18.4. The Hall–Kier alpha value is -2.41. The Balaban J connectivity index is 1.38. The zero-order valence-corrected chi connectivity index (χ0v) is 16.8. The standard InChI is InChI=1S/C21H20BrFN2O3/c22-17-3-1-2-16(12-17)19(26)24-10-8-21(9-11-24)14-25(20(27)28-21)13-15-4-6-18(23)7-5-15/h1-7,12H,8-11,13-14H2. The van der Waals surface area contributed by atoms with Crippen molar-refractivity contribution in [3.05, 3.63) is 69.9 Å². The zero-order chi connectivity index (χ0) is 19.7. The summed E-state index contributed by atoms with van der Waals surface area (Å²) in [5, 5.41) is 0. The van der Waals surface area contributed by atoms with Crippen LogP contribution in [-0.2, 0) is 11.3 Å². The van der Waals surface area contributed by atoms with Gasteiger partial charge < -0.3 is 9.64 Å². The molecule has 2 aromatic rings. The number of halogens is 2. The van der Waals surface area contributed by atoms with Crippen molar-refractivity contribution >= 4 is 27.9 Å². The molecule has 2 aliphatic rings. The molecule has 0 aromatic heterocycles. The molecule has 2 amide bonds. The van der Waals surface area contributed by atoms with Gasteiger partial charge in [0, 0.05) is 42.5 Å². The number of carbonyl (C=O) groups excluding carboxylic acids is 2. The van der Waals surface area contributed by atoms with Crippen LogP contribution in [0.25, 0.3) is 0 Å². The minimum absolute atomic E-state index is 0.0105. The molecule has 0 bridgehead atoms. The molecule has 4 rings (SSSR count). The van der Waals surface area contributed by atoms with E-state index in [9.17, 15) is 14.0 Å². The number of ether oxygens (including phenoxy) is 1. The van der Waals surface area contributed by atoms with Gasteiger partial charge in [-0.3, -0.25) is 9.69 Å². The van der Waals surface area contributed by atoms with Gasteiger partial charge in [-0.25, -0.2) is 9.18 Å². The number of benzene rings is 2.